The fraction of sp³-hybridized carbons (Fsp3) is 0.467. The minimum absolute atomic E-state index is 0.113. The molecule has 1 aromatic rings. The number of carboxylic acid groups (broad SMARTS) is 1. The second kappa shape index (κ2) is 8.64. The SMILES string of the molecule is CCC(SCC(=O)NCC(C)c1ccccc1)C(=O)O. The first kappa shape index (κ1) is 16.6. The van der Waals surface area contributed by atoms with E-state index >= 15 is 0 Å². The lowest BCUT2D eigenvalue weighted by molar-refractivity contribution is -0.136. The number of aliphatic carboxylic acids is 1. The molecule has 20 heavy (non-hydrogen) atoms. The number of thioether (sulfide) groups is 1. The van der Waals surface area contributed by atoms with E-state index in [1.165, 1.54) is 17.3 Å². The van der Waals surface area contributed by atoms with Crippen LogP contribution in [0.15, 0.2) is 30.3 Å². The lowest BCUT2D eigenvalue weighted by atomic mass is 10.0. The summed E-state index contributed by atoms with van der Waals surface area (Å²) in [5.74, 6) is -0.543. The molecular weight excluding hydrogens is 274 g/mol. The van der Waals surface area contributed by atoms with Crippen LogP contribution in [-0.4, -0.2) is 34.5 Å². The fourth-order valence-corrected chi connectivity index (χ4v) is 2.59. The normalized spacial score (nSPS) is 13.5. The topological polar surface area (TPSA) is 66.4 Å². The third-order valence-corrected chi connectivity index (χ3v) is 4.40. The second-order valence-corrected chi connectivity index (χ2v) is 5.85. The number of hydrogen-bond acceptors (Lipinski definition) is 3. The first-order valence-electron chi connectivity index (χ1n) is 6.70. The minimum atomic E-state index is -0.858. The Kier molecular flexibility index (Phi) is 7.15. The highest BCUT2D eigenvalue weighted by atomic mass is 32.2. The van der Waals surface area contributed by atoms with E-state index in [-0.39, 0.29) is 17.6 Å². The smallest absolute Gasteiger partial charge is 0.316 e. The van der Waals surface area contributed by atoms with Gasteiger partial charge in [-0.15, -0.1) is 11.8 Å². The Morgan fingerprint density at radius 2 is 1.95 bits per heavy atom. The van der Waals surface area contributed by atoms with Crippen molar-refractivity contribution in [1.82, 2.24) is 5.32 Å². The van der Waals surface area contributed by atoms with Gasteiger partial charge in [0, 0.05) is 6.54 Å². The summed E-state index contributed by atoms with van der Waals surface area (Å²) in [5.41, 5.74) is 1.18. The van der Waals surface area contributed by atoms with Crippen molar-refractivity contribution in [2.24, 2.45) is 0 Å². The van der Waals surface area contributed by atoms with Crippen LogP contribution in [0.25, 0.3) is 0 Å². The molecule has 110 valence electrons. The highest BCUT2D eigenvalue weighted by Crippen LogP contribution is 2.15. The van der Waals surface area contributed by atoms with Crippen LogP contribution in [0, 0.1) is 0 Å². The molecule has 0 fully saturated rings. The van der Waals surface area contributed by atoms with Gasteiger partial charge in [-0.05, 0) is 17.9 Å². The zero-order valence-corrected chi connectivity index (χ0v) is 12.7. The molecule has 0 bridgehead atoms. The molecule has 1 aromatic carbocycles. The third-order valence-electron chi connectivity index (χ3n) is 3.04. The Balaban J connectivity index is 2.31. The Morgan fingerprint density at radius 1 is 1.30 bits per heavy atom. The quantitative estimate of drug-likeness (QED) is 0.773. The molecule has 0 saturated heterocycles. The molecule has 0 radical (unpaired) electrons. The number of carbonyl (C=O) groups excluding carboxylic acids is 1. The summed E-state index contributed by atoms with van der Waals surface area (Å²) in [7, 11) is 0. The van der Waals surface area contributed by atoms with Crippen LogP contribution in [0.5, 0.6) is 0 Å². The lowest BCUT2D eigenvalue weighted by Gasteiger charge is -2.14. The van der Waals surface area contributed by atoms with E-state index in [1.54, 1.807) is 6.92 Å². The van der Waals surface area contributed by atoms with Crippen molar-refractivity contribution in [3.05, 3.63) is 35.9 Å². The summed E-state index contributed by atoms with van der Waals surface area (Å²) in [5, 5.41) is 11.2. The van der Waals surface area contributed by atoms with E-state index in [9.17, 15) is 9.59 Å². The van der Waals surface area contributed by atoms with Gasteiger partial charge in [0.05, 0.1) is 5.75 Å². The summed E-state index contributed by atoms with van der Waals surface area (Å²) in [6.07, 6.45) is 0.522. The Labute approximate surface area is 124 Å². The zero-order chi connectivity index (χ0) is 15.0. The van der Waals surface area contributed by atoms with Gasteiger partial charge in [-0.2, -0.15) is 0 Å². The maximum atomic E-state index is 11.7. The van der Waals surface area contributed by atoms with Crippen molar-refractivity contribution in [1.29, 1.82) is 0 Å². The van der Waals surface area contributed by atoms with Crippen molar-refractivity contribution in [2.75, 3.05) is 12.3 Å². The largest absolute Gasteiger partial charge is 0.480 e. The minimum Gasteiger partial charge on any atom is -0.480 e. The van der Waals surface area contributed by atoms with Crippen LogP contribution in [-0.2, 0) is 9.59 Å². The molecule has 0 aliphatic rings. The Hall–Kier alpha value is -1.49. The van der Waals surface area contributed by atoms with Crippen LogP contribution in [0.2, 0.25) is 0 Å². The second-order valence-electron chi connectivity index (χ2n) is 4.66. The molecule has 5 heteroatoms. The van der Waals surface area contributed by atoms with E-state index in [1.807, 2.05) is 30.3 Å². The fourth-order valence-electron chi connectivity index (χ4n) is 1.76. The zero-order valence-electron chi connectivity index (χ0n) is 11.8. The number of rotatable bonds is 8. The summed E-state index contributed by atoms with van der Waals surface area (Å²) in [4.78, 5) is 22.5. The molecule has 2 N–H and O–H groups in total. The van der Waals surface area contributed by atoms with Crippen LogP contribution in [0.3, 0.4) is 0 Å². The predicted octanol–water partition coefficient (Wildman–Crippen LogP) is 2.50. The molecule has 0 aromatic heterocycles. The lowest BCUT2D eigenvalue weighted by Crippen LogP contribution is -2.30. The summed E-state index contributed by atoms with van der Waals surface area (Å²) >= 11 is 1.17. The average Bonchev–Trinajstić information content (AvgIpc) is 2.46. The summed E-state index contributed by atoms with van der Waals surface area (Å²) in [6, 6.07) is 9.97. The van der Waals surface area contributed by atoms with Gasteiger partial charge in [-0.1, -0.05) is 44.2 Å². The molecule has 4 nitrogen and oxygen atoms in total. The van der Waals surface area contributed by atoms with Gasteiger partial charge in [0.1, 0.15) is 5.25 Å². The number of carbonyl (C=O) groups is 2. The average molecular weight is 295 g/mol. The van der Waals surface area contributed by atoms with Crippen molar-refractivity contribution in [3.8, 4) is 0 Å². The number of carboxylic acids is 1. The van der Waals surface area contributed by atoms with E-state index < -0.39 is 11.2 Å². The van der Waals surface area contributed by atoms with Crippen LogP contribution < -0.4 is 5.32 Å². The molecular formula is C15H21NO3S. The van der Waals surface area contributed by atoms with Crippen LogP contribution >= 0.6 is 11.8 Å². The van der Waals surface area contributed by atoms with Gasteiger partial charge < -0.3 is 10.4 Å². The first-order valence-corrected chi connectivity index (χ1v) is 7.75. The van der Waals surface area contributed by atoms with Crippen molar-refractivity contribution in [3.63, 3.8) is 0 Å². The van der Waals surface area contributed by atoms with E-state index in [4.69, 9.17) is 5.11 Å². The first-order chi connectivity index (χ1) is 9.54. The molecule has 0 spiro atoms. The maximum absolute atomic E-state index is 11.7. The van der Waals surface area contributed by atoms with Crippen molar-refractivity contribution >= 4 is 23.6 Å². The van der Waals surface area contributed by atoms with E-state index in [2.05, 4.69) is 12.2 Å². The number of amides is 1. The van der Waals surface area contributed by atoms with Crippen LogP contribution in [0.1, 0.15) is 31.7 Å². The summed E-state index contributed by atoms with van der Waals surface area (Å²) in [6.45, 7) is 4.42. The standard InChI is InChI=1S/C15H21NO3S/c1-3-13(15(18)19)20-10-14(17)16-9-11(2)12-7-5-4-6-8-12/h4-8,11,13H,3,9-10H2,1-2H3,(H,16,17)(H,18,19). The van der Waals surface area contributed by atoms with E-state index in [0.29, 0.717) is 13.0 Å². The number of nitrogens with one attached hydrogen (secondary N) is 1. The molecule has 0 heterocycles. The Morgan fingerprint density at radius 3 is 2.50 bits per heavy atom. The number of hydrogen-bond donors (Lipinski definition) is 2. The van der Waals surface area contributed by atoms with Gasteiger partial charge in [0.25, 0.3) is 0 Å². The van der Waals surface area contributed by atoms with Crippen molar-refractivity contribution in [2.45, 2.75) is 31.4 Å². The molecule has 1 amide bonds. The highest BCUT2D eigenvalue weighted by Gasteiger charge is 2.17. The van der Waals surface area contributed by atoms with Gasteiger partial charge in [-0.3, -0.25) is 9.59 Å². The van der Waals surface area contributed by atoms with Crippen molar-refractivity contribution < 1.29 is 14.7 Å². The highest BCUT2D eigenvalue weighted by molar-refractivity contribution is 8.01. The van der Waals surface area contributed by atoms with Crippen LogP contribution in [0.4, 0.5) is 0 Å². The number of benzene rings is 1. The molecule has 0 aliphatic heterocycles. The van der Waals surface area contributed by atoms with Gasteiger partial charge in [0.15, 0.2) is 0 Å². The van der Waals surface area contributed by atoms with Gasteiger partial charge in [0.2, 0.25) is 5.91 Å². The van der Waals surface area contributed by atoms with Gasteiger partial charge >= 0.3 is 5.97 Å². The van der Waals surface area contributed by atoms with Gasteiger partial charge in [-0.25, -0.2) is 0 Å². The predicted molar refractivity (Wildman–Crippen MR) is 82.0 cm³/mol. The molecule has 0 aliphatic carbocycles. The Bertz CT molecular complexity index is 436. The third kappa shape index (κ3) is 5.65. The maximum Gasteiger partial charge on any atom is 0.316 e. The molecule has 1 rings (SSSR count). The molecule has 0 saturated carbocycles. The molecule has 2 atom stereocenters. The van der Waals surface area contributed by atoms with E-state index in [0.717, 1.165) is 0 Å². The monoisotopic (exact) mass is 295 g/mol. The molecule has 2 unspecified atom stereocenters. The summed E-state index contributed by atoms with van der Waals surface area (Å²) < 4.78 is 0.